The molecule has 0 radical (unpaired) electrons. The van der Waals surface area contributed by atoms with Gasteiger partial charge < -0.3 is 29.5 Å². The van der Waals surface area contributed by atoms with Gasteiger partial charge in [0.2, 0.25) is 6.29 Å². The maximum atomic E-state index is 10.4. The first kappa shape index (κ1) is 33.2. The molecule has 2 heterocycles. The van der Waals surface area contributed by atoms with E-state index >= 15 is 0 Å². The monoisotopic (exact) mass is 562 g/mol. The molecule has 0 spiro atoms. The molecule has 0 bridgehead atoms. The molecule has 3 N–H and O–H groups in total. The highest BCUT2D eigenvalue weighted by molar-refractivity contribution is 5.59. The molecular formula is C34H58O6. The summed E-state index contributed by atoms with van der Waals surface area (Å²) in [6, 6.07) is 0. The van der Waals surface area contributed by atoms with E-state index in [1.165, 1.54) is 51.4 Å². The minimum atomic E-state index is -1.32. The van der Waals surface area contributed by atoms with E-state index in [-0.39, 0.29) is 12.2 Å². The van der Waals surface area contributed by atoms with Crippen molar-refractivity contribution < 1.29 is 29.5 Å². The van der Waals surface area contributed by atoms with E-state index in [9.17, 15) is 15.3 Å². The van der Waals surface area contributed by atoms with Crippen LogP contribution in [0.1, 0.15) is 121 Å². The van der Waals surface area contributed by atoms with Gasteiger partial charge in [0.05, 0.1) is 6.61 Å². The minimum Gasteiger partial charge on any atom is -0.487 e. The van der Waals surface area contributed by atoms with Crippen LogP contribution >= 0.6 is 0 Å². The zero-order chi connectivity index (χ0) is 29.6. The van der Waals surface area contributed by atoms with Crippen LogP contribution in [0.3, 0.4) is 0 Å². The molecule has 0 amide bonds. The van der Waals surface area contributed by atoms with E-state index in [0.717, 1.165) is 65.0 Å². The van der Waals surface area contributed by atoms with Crippen LogP contribution in [0.25, 0.3) is 0 Å². The van der Waals surface area contributed by atoms with Crippen molar-refractivity contribution in [3.05, 3.63) is 22.3 Å². The molecule has 0 aliphatic carbocycles. The Bertz CT molecular complexity index is 945. The fraction of sp³-hybridized carbons (Fsp3) is 0.824. The lowest BCUT2D eigenvalue weighted by atomic mass is 9.83. The quantitative estimate of drug-likeness (QED) is 0.227. The van der Waals surface area contributed by atoms with E-state index in [0.29, 0.717) is 5.75 Å². The van der Waals surface area contributed by atoms with Crippen LogP contribution in [0.4, 0.5) is 0 Å². The fourth-order valence-corrected chi connectivity index (χ4v) is 6.44. The van der Waals surface area contributed by atoms with Gasteiger partial charge in [-0.2, -0.15) is 0 Å². The van der Waals surface area contributed by atoms with Crippen LogP contribution in [-0.2, 0) is 11.2 Å². The third kappa shape index (κ3) is 8.59. The first-order valence-electron chi connectivity index (χ1n) is 16.0. The van der Waals surface area contributed by atoms with Crippen LogP contribution in [0.15, 0.2) is 0 Å². The van der Waals surface area contributed by atoms with Gasteiger partial charge in [0.15, 0.2) is 0 Å². The van der Waals surface area contributed by atoms with Crippen molar-refractivity contribution in [2.24, 2.45) is 17.8 Å². The van der Waals surface area contributed by atoms with Gasteiger partial charge >= 0.3 is 0 Å². The van der Waals surface area contributed by atoms with Crippen LogP contribution < -0.4 is 9.47 Å². The van der Waals surface area contributed by atoms with Gasteiger partial charge in [-0.25, -0.2) is 0 Å². The normalized spacial score (nSPS) is 28.2. The van der Waals surface area contributed by atoms with Gasteiger partial charge in [0.1, 0.15) is 35.4 Å². The summed E-state index contributed by atoms with van der Waals surface area (Å²) in [7, 11) is 0. The molecule has 6 heteroatoms. The number of aliphatic hydroxyl groups is 3. The molecule has 230 valence electrons. The topological polar surface area (TPSA) is 88.4 Å². The number of ether oxygens (including phenoxy) is 3. The van der Waals surface area contributed by atoms with Gasteiger partial charge in [-0.3, -0.25) is 0 Å². The molecule has 6 nitrogen and oxygen atoms in total. The highest BCUT2D eigenvalue weighted by Crippen LogP contribution is 2.45. The van der Waals surface area contributed by atoms with Gasteiger partial charge in [-0.05, 0) is 87.8 Å². The van der Waals surface area contributed by atoms with Gasteiger partial charge in [0.25, 0.3) is 0 Å². The van der Waals surface area contributed by atoms with Gasteiger partial charge in [-0.15, -0.1) is 0 Å². The molecule has 1 saturated heterocycles. The van der Waals surface area contributed by atoms with Crippen LogP contribution in [-0.4, -0.2) is 52.1 Å². The molecule has 3 rings (SSSR count). The summed E-state index contributed by atoms with van der Waals surface area (Å²) in [5.41, 5.74) is 3.96. The largest absolute Gasteiger partial charge is 0.487 e. The Labute approximate surface area is 243 Å². The molecule has 2 aliphatic heterocycles. The average Bonchev–Trinajstić information content (AvgIpc) is 2.89. The second-order valence-electron chi connectivity index (χ2n) is 13.8. The molecule has 1 aromatic rings. The predicted molar refractivity (Wildman–Crippen MR) is 161 cm³/mol. The number of benzene rings is 1. The summed E-state index contributed by atoms with van der Waals surface area (Å²) >= 11 is 0. The maximum Gasteiger partial charge on any atom is 0.228 e. The Morgan fingerprint density at radius 2 is 1.43 bits per heavy atom. The first-order valence-corrected chi connectivity index (χ1v) is 16.0. The van der Waals surface area contributed by atoms with Gasteiger partial charge in [-0.1, -0.05) is 72.6 Å². The Kier molecular flexibility index (Phi) is 12.2. The lowest BCUT2D eigenvalue weighted by Crippen LogP contribution is -2.54. The smallest absolute Gasteiger partial charge is 0.228 e. The van der Waals surface area contributed by atoms with Crippen LogP contribution in [0.5, 0.6) is 11.5 Å². The Morgan fingerprint density at radius 3 is 2.05 bits per heavy atom. The first-order chi connectivity index (χ1) is 18.8. The molecule has 0 aromatic heterocycles. The molecule has 0 saturated carbocycles. The molecule has 2 aliphatic rings. The van der Waals surface area contributed by atoms with E-state index in [2.05, 4.69) is 41.5 Å². The average molecular weight is 563 g/mol. The number of rotatable bonds is 14. The van der Waals surface area contributed by atoms with Crippen molar-refractivity contribution >= 4 is 0 Å². The summed E-state index contributed by atoms with van der Waals surface area (Å²) in [5.74, 6) is 4.06. The summed E-state index contributed by atoms with van der Waals surface area (Å²) in [4.78, 5) is 0. The van der Waals surface area contributed by atoms with Crippen LogP contribution in [0, 0.1) is 38.5 Å². The third-order valence-corrected chi connectivity index (χ3v) is 9.53. The van der Waals surface area contributed by atoms with E-state index in [1.54, 1.807) is 0 Å². The maximum absolute atomic E-state index is 10.4. The van der Waals surface area contributed by atoms with Crippen molar-refractivity contribution in [2.45, 2.75) is 156 Å². The van der Waals surface area contributed by atoms with Crippen LogP contribution in [0.2, 0.25) is 0 Å². The van der Waals surface area contributed by atoms with Crippen molar-refractivity contribution in [1.82, 2.24) is 0 Å². The Hall–Kier alpha value is -1.34. The summed E-state index contributed by atoms with van der Waals surface area (Å²) < 4.78 is 18.4. The number of aliphatic hydroxyl groups excluding tert-OH is 3. The number of hydrogen-bond acceptors (Lipinski definition) is 6. The Balaban J connectivity index is 1.51. The van der Waals surface area contributed by atoms with E-state index in [1.807, 2.05) is 13.8 Å². The predicted octanol–water partition coefficient (Wildman–Crippen LogP) is 6.95. The second-order valence-corrected chi connectivity index (χ2v) is 13.8. The van der Waals surface area contributed by atoms with E-state index < -0.39 is 24.6 Å². The molecule has 7 atom stereocenters. The number of hydrogen-bond donors (Lipinski definition) is 3. The van der Waals surface area contributed by atoms with Gasteiger partial charge in [0, 0.05) is 5.56 Å². The molecular weight excluding hydrogens is 504 g/mol. The zero-order valence-electron chi connectivity index (χ0n) is 26.6. The van der Waals surface area contributed by atoms with Crippen molar-refractivity contribution in [1.29, 1.82) is 0 Å². The molecule has 4 unspecified atom stereocenters. The fourth-order valence-electron chi connectivity index (χ4n) is 6.44. The third-order valence-electron chi connectivity index (χ3n) is 9.53. The molecule has 40 heavy (non-hydrogen) atoms. The Morgan fingerprint density at radius 1 is 0.825 bits per heavy atom. The standard InChI is InChI=1S/C34H58O6/c1-21(2)12-9-13-22(3)14-10-15-23(4)16-11-18-34(8)19-17-27-26(7)31(24(5)25(6)32(27)40-34)39-33-30(37)29(36)28(35)20-38-33/h21-23,28-30,33,35-37H,9-20H2,1-8H3/t22?,23?,28-,29-,30+,33?,34?/m0/s1. The lowest BCUT2D eigenvalue weighted by Gasteiger charge is -2.39. The second kappa shape index (κ2) is 14.7. The summed E-state index contributed by atoms with van der Waals surface area (Å²) in [6.45, 7) is 17.7. The van der Waals surface area contributed by atoms with Crippen molar-refractivity contribution in [2.75, 3.05) is 6.61 Å². The SMILES string of the molecule is Cc1c(C)c2c(c(C)c1OC1OC[C@H](O)[C@H](O)[C@H]1O)CCC(C)(CCCC(C)CCCC(C)CCCC(C)C)O2. The zero-order valence-corrected chi connectivity index (χ0v) is 26.6. The summed E-state index contributed by atoms with van der Waals surface area (Å²) in [6.07, 6.45) is 8.72. The lowest BCUT2D eigenvalue weighted by molar-refractivity contribution is -0.242. The summed E-state index contributed by atoms with van der Waals surface area (Å²) in [5, 5.41) is 30.2. The molecule has 1 fully saturated rings. The highest BCUT2D eigenvalue weighted by Gasteiger charge is 2.40. The van der Waals surface area contributed by atoms with E-state index in [4.69, 9.17) is 14.2 Å². The molecule has 1 aromatic carbocycles. The van der Waals surface area contributed by atoms with Crippen molar-refractivity contribution in [3.63, 3.8) is 0 Å². The minimum absolute atomic E-state index is 0.0808. The van der Waals surface area contributed by atoms with Crippen molar-refractivity contribution in [3.8, 4) is 11.5 Å². The number of fused-ring (bicyclic) bond motifs is 1. The highest BCUT2D eigenvalue weighted by atomic mass is 16.7.